The molecule has 2 saturated heterocycles. The molecule has 0 aromatic rings. The van der Waals surface area contributed by atoms with Gasteiger partial charge in [-0.25, -0.2) is 4.79 Å². The van der Waals surface area contributed by atoms with Crippen LogP contribution in [0.2, 0.25) is 0 Å². The first-order chi connectivity index (χ1) is 11.5. The summed E-state index contributed by atoms with van der Waals surface area (Å²) in [5.41, 5.74) is 1.74. The Kier molecular flexibility index (Phi) is 5.08. The largest absolute Gasteiger partial charge is 0.344 e. The van der Waals surface area contributed by atoms with Gasteiger partial charge in [0.2, 0.25) is 0 Å². The van der Waals surface area contributed by atoms with Crippen molar-refractivity contribution in [2.24, 2.45) is 5.92 Å². The van der Waals surface area contributed by atoms with Crippen LogP contribution in [0.3, 0.4) is 0 Å². The Morgan fingerprint density at radius 1 is 1.21 bits per heavy atom. The van der Waals surface area contributed by atoms with Gasteiger partial charge in [-0.15, -0.1) is 0 Å². The quantitative estimate of drug-likeness (QED) is 0.633. The molecule has 0 unspecified atom stereocenters. The number of hydrogen-bond donors (Lipinski definition) is 3. The Morgan fingerprint density at radius 3 is 2.46 bits per heavy atom. The number of carbonyl (C=O) groups is 3. The lowest BCUT2D eigenvalue weighted by Crippen LogP contribution is -3.13. The first kappa shape index (κ1) is 17.2. The third kappa shape index (κ3) is 3.55. The Hall–Kier alpha value is -1.63. The smallest absolute Gasteiger partial charge is 0.327 e. The van der Waals surface area contributed by atoms with Crippen molar-refractivity contribution in [1.82, 2.24) is 15.8 Å². The zero-order valence-corrected chi connectivity index (χ0v) is 14.5. The van der Waals surface area contributed by atoms with Crippen molar-refractivity contribution in [2.45, 2.75) is 63.8 Å². The highest BCUT2D eigenvalue weighted by atomic mass is 16.2. The molecule has 134 valence electrons. The van der Waals surface area contributed by atoms with Crippen LogP contribution in [0.25, 0.3) is 0 Å². The normalized spacial score (nSPS) is 31.9. The summed E-state index contributed by atoms with van der Waals surface area (Å²) in [7, 11) is 0. The summed E-state index contributed by atoms with van der Waals surface area (Å²) in [6.07, 6.45) is 7.86. The van der Waals surface area contributed by atoms with Crippen molar-refractivity contribution in [2.75, 3.05) is 19.6 Å². The van der Waals surface area contributed by atoms with Crippen molar-refractivity contribution >= 4 is 17.8 Å². The molecule has 3 aliphatic rings. The topological polar surface area (TPSA) is 83.0 Å². The van der Waals surface area contributed by atoms with Gasteiger partial charge in [-0.1, -0.05) is 6.92 Å². The van der Waals surface area contributed by atoms with E-state index in [9.17, 15) is 14.4 Å². The molecule has 7 heteroatoms. The number of nitrogens with one attached hydrogen (secondary N) is 3. The number of amides is 4. The second-order valence-electron chi connectivity index (χ2n) is 7.71. The zero-order chi connectivity index (χ0) is 17.2. The van der Waals surface area contributed by atoms with Gasteiger partial charge in [-0.05, 0) is 57.3 Å². The van der Waals surface area contributed by atoms with Crippen LogP contribution in [0.5, 0.6) is 0 Å². The molecule has 2 heterocycles. The molecule has 0 aromatic heterocycles. The Balaban J connectivity index is 1.57. The average molecular weight is 337 g/mol. The minimum Gasteiger partial charge on any atom is -0.327 e. The molecule has 0 atom stereocenters. The lowest BCUT2D eigenvalue weighted by atomic mass is 9.77. The summed E-state index contributed by atoms with van der Waals surface area (Å²) in [5.74, 6) is 0.0332. The molecule has 7 nitrogen and oxygen atoms in total. The number of nitrogens with zero attached hydrogens (tertiary/aromatic N) is 1. The summed E-state index contributed by atoms with van der Waals surface area (Å²) in [6.45, 7) is 4.45. The van der Waals surface area contributed by atoms with Gasteiger partial charge in [-0.3, -0.25) is 15.0 Å². The summed E-state index contributed by atoms with van der Waals surface area (Å²) in [5, 5.41) is 3.74. The molecule has 3 N–H and O–H groups in total. The lowest BCUT2D eigenvalue weighted by Gasteiger charge is -2.33. The monoisotopic (exact) mass is 337 g/mol. The van der Waals surface area contributed by atoms with Crippen LogP contribution in [0.1, 0.15) is 58.3 Å². The molecular weight excluding hydrogens is 308 g/mol. The number of hydrazine groups is 1. The third-order valence-corrected chi connectivity index (χ3v) is 5.75. The number of imide groups is 1. The molecule has 3 fully saturated rings. The first-order valence-corrected chi connectivity index (χ1v) is 9.30. The molecule has 1 saturated carbocycles. The van der Waals surface area contributed by atoms with Crippen molar-refractivity contribution in [1.29, 1.82) is 0 Å². The van der Waals surface area contributed by atoms with E-state index >= 15 is 0 Å². The number of likely N-dealkylation sites (tertiary alicyclic amines) is 1. The highest BCUT2D eigenvalue weighted by Crippen LogP contribution is 2.35. The third-order valence-electron chi connectivity index (χ3n) is 5.75. The SMILES string of the molecule is CC1CCC2(CC1)NC(=O)N(NC(=O)C[NH+]1CCCCCC1)C2=O. The number of rotatable bonds is 3. The maximum absolute atomic E-state index is 12.7. The minimum absolute atomic E-state index is 0.253. The van der Waals surface area contributed by atoms with Crippen LogP contribution >= 0.6 is 0 Å². The van der Waals surface area contributed by atoms with E-state index in [0.717, 1.165) is 43.8 Å². The van der Waals surface area contributed by atoms with E-state index in [-0.39, 0.29) is 11.8 Å². The van der Waals surface area contributed by atoms with Crippen LogP contribution in [-0.4, -0.2) is 48.0 Å². The van der Waals surface area contributed by atoms with Gasteiger partial charge in [0.1, 0.15) is 5.54 Å². The van der Waals surface area contributed by atoms with E-state index in [4.69, 9.17) is 0 Å². The molecule has 4 amide bonds. The van der Waals surface area contributed by atoms with E-state index in [1.807, 2.05) is 0 Å². The number of quaternary nitrogens is 1. The molecule has 2 aliphatic heterocycles. The first-order valence-electron chi connectivity index (χ1n) is 9.30. The van der Waals surface area contributed by atoms with Gasteiger partial charge >= 0.3 is 6.03 Å². The molecule has 24 heavy (non-hydrogen) atoms. The summed E-state index contributed by atoms with van der Waals surface area (Å²) in [4.78, 5) is 38.4. The predicted octanol–water partition coefficient (Wildman–Crippen LogP) is -0.0228. The van der Waals surface area contributed by atoms with Crippen LogP contribution < -0.4 is 15.6 Å². The van der Waals surface area contributed by atoms with Gasteiger partial charge in [-0.2, -0.15) is 5.01 Å². The highest BCUT2D eigenvalue weighted by Gasteiger charge is 2.53. The van der Waals surface area contributed by atoms with Gasteiger partial charge in [0.25, 0.3) is 11.8 Å². The highest BCUT2D eigenvalue weighted by molar-refractivity contribution is 6.08. The van der Waals surface area contributed by atoms with Crippen molar-refractivity contribution < 1.29 is 19.3 Å². The average Bonchev–Trinajstić information content (AvgIpc) is 2.75. The standard InChI is InChI=1S/C17H28N4O3/c1-13-6-8-17(9-7-13)15(23)21(16(24)18-17)19-14(22)12-20-10-4-2-3-5-11-20/h13H,2-12H2,1H3,(H,18,24)(H,19,22)/p+1. The van der Waals surface area contributed by atoms with Gasteiger partial charge in [0.15, 0.2) is 6.54 Å². The van der Waals surface area contributed by atoms with Gasteiger partial charge in [0, 0.05) is 0 Å². The molecule has 1 spiro atoms. The molecule has 1 aliphatic carbocycles. The molecule has 0 aromatic carbocycles. The van der Waals surface area contributed by atoms with E-state index in [0.29, 0.717) is 25.3 Å². The van der Waals surface area contributed by atoms with Crippen LogP contribution in [0, 0.1) is 5.92 Å². The fourth-order valence-corrected chi connectivity index (χ4v) is 4.11. The van der Waals surface area contributed by atoms with Gasteiger partial charge < -0.3 is 10.2 Å². The van der Waals surface area contributed by atoms with E-state index < -0.39 is 11.6 Å². The Labute approximate surface area is 143 Å². The van der Waals surface area contributed by atoms with Crippen LogP contribution in [0.4, 0.5) is 4.79 Å². The molecule has 0 radical (unpaired) electrons. The predicted molar refractivity (Wildman–Crippen MR) is 87.9 cm³/mol. The summed E-state index contributed by atoms with van der Waals surface area (Å²) in [6, 6.07) is -0.492. The molecule has 0 bridgehead atoms. The summed E-state index contributed by atoms with van der Waals surface area (Å²) < 4.78 is 0. The van der Waals surface area contributed by atoms with E-state index in [1.165, 1.54) is 17.7 Å². The minimum atomic E-state index is -0.799. The number of hydrogen-bond acceptors (Lipinski definition) is 3. The maximum Gasteiger partial charge on any atom is 0.344 e. The fraction of sp³-hybridized carbons (Fsp3) is 0.824. The summed E-state index contributed by atoms with van der Waals surface area (Å²) >= 11 is 0. The second kappa shape index (κ2) is 7.09. The lowest BCUT2D eigenvalue weighted by molar-refractivity contribution is -0.891. The van der Waals surface area contributed by atoms with Crippen molar-refractivity contribution in [3.05, 3.63) is 0 Å². The maximum atomic E-state index is 12.7. The zero-order valence-electron chi connectivity index (χ0n) is 14.5. The van der Waals surface area contributed by atoms with E-state index in [1.54, 1.807) is 0 Å². The molecule has 3 rings (SSSR count). The Morgan fingerprint density at radius 2 is 1.83 bits per heavy atom. The fourth-order valence-electron chi connectivity index (χ4n) is 4.11. The number of urea groups is 1. The number of carbonyl (C=O) groups excluding carboxylic acids is 3. The second-order valence-corrected chi connectivity index (χ2v) is 7.71. The van der Waals surface area contributed by atoms with Crippen LogP contribution in [0.15, 0.2) is 0 Å². The molecular formula is C17H29N4O3+. The van der Waals surface area contributed by atoms with Crippen LogP contribution in [-0.2, 0) is 9.59 Å². The Bertz CT molecular complexity index is 506. The van der Waals surface area contributed by atoms with Gasteiger partial charge in [0.05, 0.1) is 13.1 Å². The van der Waals surface area contributed by atoms with Crippen molar-refractivity contribution in [3.63, 3.8) is 0 Å². The van der Waals surface area contributed by atoms with Crippen molar-refractivity contribution in [3.8, 4) is 0 Å². The van der Waals surface area contributed by atoms with E-state index in [2.05, 4.69) is 17.7 Å².